The molecule has 0 atom stereocenters. The summed E-state index contributed by atoms with van der Waals surface area (Å²) < 4.78 is 0. The van der Waals surface area contributed by atoms with Gasteiger partial charge in [0, 0.05) is 42.5 Å². The third kappa shape index (κ3) is 4.57. The van der Waals surface area contributed by atoms with Crippen LogP contribution in [-0.4, -0.2) is 39.9 Å². The number of nitrogens with one attached hydrogen (secondary N) is 2. The van der Waals surface area contributed by atoms with Gasteiger partial charge in [-0.25, -0.2) is 14.8 Å². The van der Waals surface area contributed by atoms with Gasteiger partial charge in [0.1, 0.15) is 5.82 Å². The van der Waals surface area contributed by atoms with E-state index in [0.717, 1.165) is 61.0 Å². The number of aromatic nitrogens is 2. The first kappa shape index (κ1) is 23.9. The fraction of sp³-hybridized carbons (Fsp3) is 0.379. The Morgan fingerprint density at radius 1 is 0.973 bits per heavy atom. The molecule has 7 nitrogen and oxygen atoms in total. The smallest absolute Gasteiger partial charge is 0.319 e. The molecule has 2 fully saturated rings. The number of nitrogens with zero attached hydrogens (tertiary/aromatic N) is 3. The molecule has 190 valence electrons. The predicted octanol–water partition coefficient (Wildman–Crippen LogP) is 6.11. The number of likely N-dealkylation sites (tertiary alicyclic amines) is 1. The number of halogens is 1. The molecule has 2 aromatic carbocycles. The van der Waals surface area contributed by atoms with Crippen molar-refractivity contribution < 1.29 is 9.59 Å². The van der Waals surface area contributed by atoms with E-state index in [2.05, 4.69) is 26.7 Å². The van der Waals surface area contributed by atoms with Gasteiger partial charge in [-0.3, -0.25) is 4.79 Å². The highest BCUT2D eigenvalue weighted by molar-refractivity contribution is 6.34. The van der Waals surface area contributed by atoms with E-state index in [0.29, 0.717) is 35.3 Å². The zero-order valence-corrected chi connectivity index (χ0v) is 21.4. The molecule has 3 heterocycles. The zero-order chi connectivity index (χ0) is 25.4. The minimum atomic E-state index is -0.373. The van der Waals surface area contributed by atoms with E-state index in [1.807, 2.05) is 41.3 Å². The van der Waals surface area contributed by atoms with Crippen LogP contribution < -0.4 is 10.6 Å². The molecule has 1 aromatic heterocycles. The molecule has 3 aromatic rings. The number of hydrogen-bond acceptors (Lipinski definition) is 4. The second-order valence-electron chi connectivity index (χ2n) is 10.4. The van der Waals surface area contributed by atoms with E-state index in [1.54, 1.807) is 12.4 Å². The number of fused-ring (bicyclic) bond motifs is 2. The quantitative estimate of drug-likeness (QED) is 0.440. The van der Waals surface area contributed by atoms with Gasteiger partial charge in [0.2, 0.25) is 0 Å². The van der Waals surface area contributed by atoms with Gasteiger partial charge in [-0.05, 0) is 67.1 Å². The summed E-state index contributed by atoms with van der Waals surface area (Å²) in [5.74, 6) is 1.22. The van der Waals surface area contributed by atoms with Crippen molar-refractivity contribution in [2.24, 2.45) is 0 Å². The lowest BCUT2D eigenvalue weighted by atomic mass is 9.74. The van der Waals surface area contributed by atoms with Crippen LogP contribution in [0.25, 0.3) is 11.1 Å². The van der Waals surface area contributed by atoms with Gasteiger partial charge >= 0.3 is 6.03 Å². The molecule has 2 aliphatic heterocycles. The van der Waals surface area contributed by atoms with Crippen molar-refractivity contribution in [2.45, 2.75) is 56.4 Å². The predicted molar refractivity (Wildman–Crippen MR) is 144 cm³/mol. The molecule has 1 saturated carbocycles. The van der Waals surface area contributed by atoms with E-state index < -0.39 is 0 Å². The molecular formula is C29H30ClN5O2. The van der Waals surface area contributed by atoms with Crippen LogP contribution in [0.4, 0.5) is 10.5 Å². The van der Waals surface area contributed by atoms with Crippen molar-refractivity contribution in [2.75, 3.05) is 18.4 Å². The number of carbonyl (C=O) groups excluding carboxylic acids is 2. The maximum absolute atomic E-state index is 13.2. The van der Waals surface area contributed by atoms with Crippen molar-refractivity contribution >= 4 is 29.2 Å². The maximum atomic E-state index is 13.2. The summed E-state index contributed by atoms with van der Waals surface area (Å²) in [6, 6.07) is 13.4. The highest BCUT2D eigenvalue weighted by Crippen LogP contribution is 2.46. The molecule has 8 heteroatoms. The summed E-state index contributed by atoms with van der Waals surface area (Å²) in [6.07, 6.45) is 10.4. The van der Waals surface area contributed by atoms with Gasteiger partial charge in [0.15, 0.2) is 0 Å². The van der Waals surface area contributed by atoms with Gasteiger partial charge in [-0.1, -0.05) is 43.0 Å². The largest absolute Gasteiger partial charge is 0.339 e. The van der Waals surface area contributed by atoms with Crippen LogP contribution in [0.1, 0.15) is 72.6 Å². The van der Waals surface area contributed by atoms with Crippen molar-refractivity contribution in [1.29, 1.82) is 0 Å². The Kier molecular flexibility index (Phi) is 6.32. The topological polar surface area (TPSA) is 87.2 Å². The Morgan fingerprint density at radius 2 is 1.68 bits per heavy atom. The average Bonchev–Trinajstić information content (AvgIpc) is 2.94. The van der Waals surface area contributed by atoms with E-state index in [-0.39, 0.29) is 17.5 Å². The normalized spacial score (nSPS) is 19.2. The Hall–Kier alpha value is -3.45. The molecular weight excluding hydrogens is 486 g/mol. The second kappa shape index (κ2) is 9.78. The maximum Gasteiger partial charge on any atom is 0.319 e. The van der Waals surface area contributed by atoms with Crippen LogP contribution in [0.3, 0.4) is 0 Å². The summed E-state index contributed by atoms with van der Waals surface area (Å²) in [5.41, 5.74) is 4.05. The summed E-state index contributed by atoms with van der Waals surface area (Å²) in [7, 11) is 0. The SMILES string of the molecule is O=C1Nc2c(Cl)cc(-c3ccc(C(=O)N4CCC(c5ncccn5)CC4)cc3)cc2C2(CCCCC2)N1. The number of anilines is 1. The van der Waals surface area contributed by atoms with E-state index >= 15 is 0 Å². The number of carbonyl (C=O) groups is 2. The fourth-order valence-corrected chi connectivity index (χ4v) is 6.37. The minimum absolute atomic E-state index is 0.0514. The van der Waals surface area contributed by atoms with E-state index in [9.17, 15) is 9.59 Å². The van der Waals surface area contributed by atoms with Crippen LogP contribution in [0, 0.1) is 0 Å². The number of hydrogen-bond donors (Lipinski definition) is 2. The summed E-state index contributed by atoms with van der Waals surface area (Å²) in [4.78, 5) is 36.3. The number of urea groups is 1. The number of rotatable bonds is 3. The summed E-state index contributed by atoms with van der Waals surface area (Å²) >= 11 is 6.69. The Balaban J connectivity index is 1.20. The first-order chi connectivity index (χ1) is 18.0. The summed E-state index contributed by atoms with van der Waals surface area (Å²) in [6.45, 7) is 1.40. The molecule has 3 aliphatic rings. The van der Waals surface area contributed by atoms with Crippen molar-refractivity contribution in [3.63, 3.8) is 0 Å². The lowest BCUT2D eigenvalue weighted by Gasteiger charge is -2.43. The second-order valence-corrected chi connectivity index (χ2v) is 10.8. The lowest BCUT2D eigenvalue weighted by molar-refractivity contribution is 0.0711. The molecule has 2 N–H and O–H groups in total. The Labute approximate surface area is 221 Å². The lowest BCUT2D eigenvalue weighted by Crippen LogP contribution is -2.52. The van der Waals surface area contributed by atoms with Gasteiger partial charge in [0.25, 0.3) is 5.91 Å². The zero-order valence-electron chi connectivity index (χ0n) is 20.7. The first-order valence-electron chi connectivity index (χ1n) is 13.1. The minimum Gasteiger partial charge on any atom is -0.339 e. The fourth-order valence-electron chi connectivity index (χ4n) is 6.11. The van der Waals surface area contributed by atoms with Gasteiger partial charge in [-0.15, -0.1) is 0 Å². The monoisotopic (exact) mass is 515 g/mol. The van der Waals surface area contributed by atoms with Crippen LogP contribution in [-0.2, 0) is 5.54 Å². The molecule has 6 rings (SSSR count). The van der Waals surface area contributed by atoms with Gasteiger partial charge in [0.05, 0.1) is 16.2 Å². The Bertz CT molecular complexity index is 1310. The average molecular weight is 516 g/mol. The molecule has 0 radical (unpaired) electrons. The molecule has 1 saturated heterocycles. The molecule has 0 bridgehead atoms. The first-order valence-corrected chi connectivity index (χ1v) is 13.5. The third-order valence-electron chi connectivity index (χ3n) is 8.10. The van der Waals surface area contributed by atoms with Crippen LogP contribution in [0.2, 0.25) is 5.02 Å². The molecule has 37 heavy (non-hydrogen) atoms. The molecule has 3 amide bonds. The molecule has 1 spiro atoms. The van der Waals surface area contributed by atoms with Crippen LogP contribution in [0.15, 0.2) is 54.9 Å². The van der Waals surface area contributed by atoms with Crippen LogP contribution in [0.5, 0.6) is 0 Å². The Morgan fingerprint density at radius 3 is 2.38 bits per heavy atom. The van der Waals surface area contributed by atoms with Crippen molar-refractivity contribution in [3.05, 3.63) is 76.8 Å². The number of piperidine rings is 1. The van der Waals surface area contributed by atoms with Gasteiger partial charge < -0.3 is 15.5 Å². The van der Waals surface area contributed by atoms with E-state index in [4.69, 9.17) is 11.6 Å². The molecule has 0 unspecified atom stereocenters. The highest BCUT2D eigenvalue weighted by Gasteiger charge is 2.41. The highest BCUT2D eigenvalue weighted by atomic mass is 35.5. The molecule has 1 aliphatic carbocycles. The number of amides is 3. The van der Waals surface area contributed by atoms with Crippen LogP contribution >= 0.6 is 11.6 Å². The van der Waals surface area contributed by atoms with Crippen molar-refractivity contribution in [3.8, 4) is 11.1 Å². The van der Waals surface area contributed by atoms with Crippen molar-refractivity contribution in [1.82, 2.24) is 20.2 Å². The third-order valence-corrected chi connectivity index (χ3v) is 8.40. The van der Waals surface area contributed by atoms with Gasteiger partial charge in [-0.2, -0.15) is 0 Å². The number of benzene rings is 2. The standard InChI is InChI=1S/C29H30ClN5O2/c30-24-18-22(17-23-25(24)33-28(37)34-29(23)11-2-1-3-12-29)19-5-7-21(8-6-19)27(36)35-15-9-20(10-16-35)26-31-13-4-14-32-26/h4-8,13-14,17-18,20H,1-3,9-12,15-16H2,(H2,33,34,37). The van der Waals surface area contributed by atoms with E-state index in [1.165, 1.54) is 6.42 Å². The summed E-state index contributed by atoms with van der Waals surface area (Å²) in [5, 5.41) is 6.65.